The Morgan fingerprint density at radius 3 is 2.47 bits per heavy atom. The van der Waals surface area contributed by atoms with E-state index in [2.05, 4.69) is 46.8 Å². The molecule has 2 heterocycles. The van der Waals surface area contributed by atoms with Crippen molar-refractivity contribution in [2.45, 2.75) is 31.0 Å². The van der Waals surface area contributed by atoms with Crippen molar-refractivity contribution in [3.05, 3.63) is 87.9 Å². The van der Waals surface area contributed by atoms with Crippen molar-refractivity contribution in [3.63, 3.8) is 0 Å². The van der Waals surface area contributed by atoms with Gasteiger partial charge in [0, 0.05) is 4.88 Å². The van der Waals surface area contributed by atoms with Crippen molar-refractivity contribution >= 4 is 29.0 Å². The molecular formula is C23H22FN5OS2. The van der Waals surface area contributed by atoms with Gasteiger partial charge >= 0.3 is 0 Å². The number of amides is 1. The minimum absolute atomic E-state index is 0.146. The maximum atomic E-state index is 13.4. The fourth-order valence-corrected chi connectivity index (χ4v) is 4.70. The molecule has 0 aliphatic rings. The van der Waals surface area contributed by atoms with Crippen LogP contribution in [-0.4, -0.2) is 31.9 Å². The molecule has 0 aliphatic carbocycles. The molecule has 2 aromatic carbocycles. The van der Waals surface area contributed by atoms with E-state index in [4.69, 9.17) is 0 Å². The van der Waals surface area contributed by atoms with Crippen LogP contribution in [0, 0.1) is 5.82 Å². The molecule has 0 bridgehead atoms. The summed E-state index contributed by atoms with van der Waals surface area (Å²) in [5.41, 5.74) is 2.89. The average molecular weight is 468 g/mol. The van der Waals surface area contributed by atoms with Gasteiger partial charge in [-0.2, -0.15) is 4.68 Å². The number of carbonyl (C=O) groups excluding carboxylic acids is 1. The maximum Gasteiger partial charge on any atom is 0.231 e. The highest BCUT2D eigenvalue weighted by Crippen LogP contribution is 2.27. The summed E-state index contributed by atoms with van der Waals surface area (Å²) in [6, 6.07) is 17.8. The Morgan fingerprint density at radius 1 is 1.09 bits per heavy atom. The zero-order valence-corrected chi connectivity index (χ0v) is 19.2. The third-order valence-electron chi connectivity index (χ3n) is 4.91. The van der Waals surface area contributed by atoms with Crippen molar-refractivity contribution < 1.29 is 9.18 Å². The third kappa shape index (κ3) is 5.23. The Morgan fingerprint density at radius 2 is 1.81 bits per heavy atom. The first kappa shape index (κ1) is 22.2. The molecule has 6 nitrogen and oxygen atoms in total. The van der Waals surface area contributed by atoms with Gasteiger partial charge in [-0.3, -0.25) is 4.79 Å². The standard InChI is InChI=1S/C23H22FN5OS2/c1-15(2)16-7-11-19(12-8-16)29-23(26-27-28-29)32-14-21(30)25-22(20-4-3-13-31-20)17-5-9-18(24)10-6-17/h3-13,15,22H,14H2,1-2H3,(H,25,30). The molecule has 0 radical (unpaired) electrons. The van der Waals surface area contributed by atoms with Gasteiger partial charge < -0.3 is 5.32 Å². The SMILES string of the molecule is CC(C)c1ccc(-n2nnnc2SCC(=O)NC(c2ccc(F)cc2)c2cccs2)cc1. The van der Waals surface area contributed by atoms with Crippen molar-refractivity contribution in [1.29, 1.82) is 0 Å². The molecular weight excluding hydrogens is 445 g/mol. The van der Waals surface area contributed by atoms with Gasteiger partial charge in [0.2, 0.25) is 11.1 Å². The van der Waals surface area contributed by atoms with E-state index < -0.39 is 0 Å². The monoisotopic (exact) mass is 467 g/mol. The predicted octanol–water partition coefficient (Wildman–Crippen LogP) is 4.98. The average Bonchev–Trinajstić information content (AvgIpc) is 3.49. The highest BCUT2D eigenvalue weighted by atomic mass is 32.2. The van der Waals surface area contributed by atoms with Crippen molar-refractivity contribution in [2.75, 3.05) is 5.75 Å². The van der Waals surface area contributed by atoms with E-state index in [-0.39, 0.29) is 23.5 Å². The lowest BCUT2D eigenvalue weighted by Gasteiger charge is -2.18. The molecule has 0 saturated carbocycles. The lowest BCUT2D eigenvalue weighted by Crippen LogP contribution is -2.30. The normalized spacial score (nSPS) is 12.1. The smallest absolute Gasteiger partial charge is 0.231 e. The lowest BCUT2D eigenvalue weighted by molar-refractivity contribution is -0.119. The molecule has 1 N–H and O–H groups in total. The number of halogens is 1. The van der Waals surface area contributed by atoms with Crippen LogP contribution in [0.1, 0.15) is 41.8 Å². The van der Waals surface area contributed by atoms with Crippen LogP contribution in [0.25, 0.3) is 5.69 Å². The molecule has 1 unspecified atom stereocenters. The Labute approximate surface area is 193 Å². The number of hydrogen-bond acceptors (Lipinski definition) is 6. The number of nitrogens with one attached hydrogen (secondary N) is 1. The van der Waals surface area contributed by atoms with Crippen molar-refractivity contribution in [3.8, 4) is 5.69 Å². The van der Waals surface area contributed by atoms with E-state index in [0.717, 1.165) is 16.1 Å². The van der Waals surface area contributed by atoms with E-state index in [1.54, 1.807) is 16.8 Å². The number of nitrogens with zero attached hydrogens (tertiary/aromatic N) is 4. The molecule has 0 spiro atoms. The van der Waals surface area contributed by atoms with Crippen LogP contribution in [-0.2, 0) is 4.79 Å². The summed E-state index contributed by atoms with van der Waals surface area (Å²) in [5, 5.41) is 17.4. The Balaban J connectivity index is 1.44. The van der Waals surface area contributed by atoms with Gasteiger partial charge in [-0.15, -0.1) is 16.4 Å². The summed E-state index contributed by atoms with van der Waals surface area (Å²) in [6.07, 6.45) is 0. The van der Waals surface area contributed by atoms with Crippen LogP contribution in [0.4, 0.5) is 4.39 Å². The predicted molar refractivity (Wildman–Crippen MR) is 125 cm³/mol. The molecule has 1 amide bonds. The highest BCUT2D eigenvalue weighted by molar-refractivity contribution is 7.99. The van der Waals surface area contributed by atoms with Crippen LogP contribution >= 0.6 is 23.1 Å². The van der Waals surface area contributed by atoms with Gasteiger partial charge in [-0.05, 0) is 63.2 Å². The molecule has 2 aromatic heterocycles. The first-order chi connectivity index (χ1) is 15.5. The summed E-state index contributed by atoms with van der Waals surface area (Å²) in [4.78, 5) is 13.7. The topological polar surface area (TPSA) is 72.7 Å². The first-order valence-electron chi connectivity index (χ1n) is 10.1. The Hall–Kier alpha value is -3.04. The number of aromatic nitrogens is 4. The second-order valence-corrected chi connectivity index (χ2v) is 9.40. The Kier molecular flexibility index (Phi) is 6.96. The fourth-order valence-electron chi connectivity index (χ4n) is 3.19. The zero-order valence-electron chi connectivity index (χ0n) is 17.6. The molecule has 0 fully saturated rings. The molecule has 0 aliphatic heterocycles. The molecule has 32 heavy (non-hydrogen) atoms. The van der Waals surface area contributed by atoms with Gasteiger partial charge in [0.25, 0.3) is 0 Å². The van der Waals surface area contributed by atoms with E-state index >= 15 is 0 Å². The molecule has 0 saturated heterocycles. The van der Waals surface area contributed by atoms with E-state index in [1.807, 2.05) is 29.6 Å². The number of tetrazole rings is 1. The summed E-state index contributed by atoms with van der Waals surface area (Å²) in [6.45, 7) is 4.28. The van der Waals surface area contributed by atoms with Gasteiger partial charge in [0.05, 0.1) is 17.5 Å². The number of carbonyl (C=O) groups is 1. The number of benzene rings is 2. The van der Waals surface area contributed by atoms with Gasteiger partial charge in [-0.1, -0.05) is 55.9 Å². The quantitative estimate of drug-likeness (QED) is 0.370. The highest BCUT2D eigenvalue weighted by Gasteiger charge is 2.19. The van der Waals surface area contributed by atoms with Crippen molar-refractivity contribution in [2.24, 2.45) is 0 Å². The lowest BCUT2D eigenvalue weighted by atomic mass is 10.0. The van der Waals surface area contributed by atoms with Crippen LogP contribution in [0.3, 0.4) is 0 Å². The summed E-state index contributed by atoms with van der Waals surface area (Å²) in [5.74, 6) is 0.108. The first-order valence-corrected chi connectivity index (χ1v) is 12.0. The van der Waals surface area contributed by atoms with E-state index in [0.29, 0.717) is 11.1 Å². The van der Waals surface area contributed by atoms with Gasteiger partial charge in [0.1, 0.15) is 5.82 Å². The van der Waals surface area contributed by atoms with Gasteiger partial charge in [-0.25, -0.2) is 4.39 Å². The summed E-state index contributed by atoms with van der Waals surface area (Å²) >= 11 is 2.80. The second-order valence-electron chi connectivity index (χ2n) is 7.48. The zero-order chi connectivity index (χ0) is 22.5. The van der Waals surface area contributed by atoms with Crippen LogP contribution < -0.4 is 5.32 Å². The van der Waals surface area contributed by atoms with Crippen LogP contribution in [0.15, 0.2) is 71.2 Å². The summed E-state index contributed by atoms with van der Waals surface area (Å²) in [7, 11) is 0. The largest absolute Gasteiger partial charge is 0.344 e. The number of thiophene rings is 1. The maximum absolute atomic E-state index is 13.4. The number of rotatable bonds is 8. The van der Waals surface area contributed by atoms with E-state index in [1.165, 1.54) is 40.8 Å². The minimum atomic E-state index is -0.344. The Bertz CT molecular complexity index is 1160. The van der Waals surface area contributed by atoms with E-state index in [9.17, 15) is 9.18 Å². The molecule has 9 heteroatoms. The van der Waals surface area contributed by atoms with Crippen LogP contribution in [0.5, 0.6) is 0 Å². The number of hydrogen-bond donors (Lipinski definition) is 1. The van der Waals surface area contributed by atoms with Crippen molar-refractivity contribution in [1.82, 2.24) is 25.5 Å². The third-order valence-corrected chi connectivity index (χ3v) is 6.77. The molecule has 4 rings (SSSR count). The second kappa shape index (κ2) is 10.1. The summed E-state index contributed by atoms with van der Waals surface area (Å²) < 4.78 is 15.0. The van der Waals surface area contributed by atoms with Gasteiger partial charge in [0.15, 0.2) is 0 Å². The molecule has 4 aromatic rings. The number of thioether (sulfide) groups is 1. The fraction of sp³-hybridized carbons (Fsp3) is 0.217. The van der Waals surface area contributed by atoms with Crippen LogP contribution in [0.2, 0.25) is 0 Å². The molecule has 1 atom stereocenters. The minimum Gasteiger partial charge on any atom is -0.344 e. The molecule has 164 valence electrons.